The van der Waals surface area contributed by atoms with E-state index < -0.39 is 12.0 Å². The van der Waals surface area contributed by atoms with Gasteiger partial charge in [-0.15, -0.1) is 0 Å². The highest BCUT2D eigenvalue weighted by atomic mass is 16.4. The minimum Gasteiger partial charge on any atom is -0.480 e. The number of aliphatic carboxylic acids is 1. The molecule has 1 aromatic carbocycles. The molecule has 0 aliphatic rings. The quantitative estimate of drug-likeness (QED) is 0.682. The van der Waals surface area contributed by atoms with E-state index >= 15 is 0 Å². The summed E-state index contributed by atoms with van der Waals surface area (Å²) in [5.41, 5.74) is 8.08. The zero-order chi connectivity index (χ0) is 12.3. The largest absolute Gasteiger partial charge is 0.480 e. The number of aryl methyl sites for hydroxylation is 1. The molecule has 0 saturated carbocycles. The number of hydrogen-bond donors (Lipinski definition) is 3. The molecule has 0 unspecified atom stereocenters. The summed E-state index contributed by atoms with van der Waals surface area (Å²) in [7, 11) is 0. The highest BCUT2D eigenvalue weighted by Crippen LogP contribution is 2.22. The molecular weight excluding hydrogens is 204 g/mol. The van der Waals surface area contributed by atoms with Crippen LogP contribution in [-0.4, -0.2) is 17.1 Å². The Labute approximate surface area is 95.5 Å². The van der Waals surface area contributed by atoms with Crippen LogP contribution in [0.5, 0.6) is 0 Å². The molecule has 0 fully saturated rings. The van der Waals surface area contributed by atoms with Crippen molar-refractivity contribution in [1.29, 1.82) is 0 Å². The predicted molar refractivity (Wildman–Crippen MR) is 65.5 cm³/mol. The van der Waals surface area contributed by atoms with Gasteiger partial charge in [-0.1, -0.05) is 19.9 Å². The van der Waals surface area contributed by atoms with Gasteiger partial charge in [-0.3, -0.25) is 0 Å². The molecule has 0 aromatic heterocycles. The number of nitrogens with one attached hydrogen (secondary N) is 1. The van der Waals surface area contributed by atoms with Crippen molar-refractivity contribution in [2.45, 2.75) is 26.8 Å². The average Bonchev–Trinajstić information content (AvgIpc) is 2.18. The van der Waals surface area contributed by atoms with E-state index in [-0.39, 0.29) is 5.92 Å². The van der Waals surface area contributed by atoms with Gasteiger partial charge in [0.1, 0.15) is 6.04 Å². The first kappa shape index (κ1) is 12.4. The van der Waals surface area contributed by atoms with Gasteiger partial charge in [-0.25, -0.2) is 4.79 Å². The first-order valence-electron chi connectivity index (χ1n) is 5.27. The van der Waals surface area contributed by atoms with Crippen molar-refractivity contribution in [3.63, 3.8) is 0 Å². The van der Waals surface area contributed by atoms with Crippen molar-refractivity contribution in [2.24, 2.45) is 5.92 Å². The summed E-state index contributed by atoms with van der Waals surface area (Å²) in [6.45, 7) is 5.66. The predicted octanol–water partition coefficient (Wildman–Crippen LogP) is 2.10. The fourth-order valence-corrected chi connectivity index (χ4v) is 1.48. The van der Waals surface area contributed by atoms with Crippen LogP contribution in [0.2, 0.25) is 0 Å². The second kappa shape index (κ2) is 4.88. The molecule has 0 spiro atoms. The first-order valence-corrected chi connectivity index (χ1v) is 5.27. The van der Waals surface area contributed by atoms with Gasteiger partial charge < -0.3 is 16.2 Å². The van der Waals surface area contributed by atoms with E-state index in [1.807, 2.05) is 32.9 Å². The van der Waals surface area contributed by atoms with Crippen molar-refractivity contribution in [3.05, 3.63) is 23.8 Å². The Morgan fingerprint density at radius 2 is 2.06 bits per heavy atom. The lowest BCUT2D eigenvalue weighted by molar-refractivity contribution is -0.138. The highest BCUT2D eigenvalue weighted by Gasteiger charge is 2.21. The van der Waals surface area contributed by atoms with Gasteiger partial charge in [-0.05, 0) is 30.5 Å². The molecular formula is C12H18N2O2. The van der Waals surface area contributed by atoms with Gasteiger partial charge >= 0.3 is 5.97 Å². The smallest absolute Gasteiger partial charge is 0.326 e. The van der Waals surface area contributed by atoms with Gasteiger partial charge in [0.2, 0.25) is 0 Å². The normalized spacial score (nSPS) is 12.5. The number of rotatable bonds is 4. The molecule has 1 aromatic rings. The highest BCUT2D eigenvalue weighted by molar-refractivity contribution is 5.80. The van der Waals surface area contributed by atoms with Crippen LogP contribution in [0.3, 0.4) is 0 Å². The fourth-order valence-electron chi connectivity index (χ4n) is 1.48. The van der Waals surface area contributed by atoms with E-state index in [2.05, 4.69) is 5.32 Å². The minimum atomic E-state index is -0.865. The third-order valence-electron chi connectivity index (χ3n) is 2.45. The van der Waals surface area contributed by atoms with Crippen LogP contribution in [0.4, 0.5) is 11.4 Å². The SMILES string of the molecule is Cc1ccc(N)c(N[C@H](C(=O)O)C(C)C)c1. The summed E-state index contributed by atoms with van der Waals surface area (Å²) in [6.07, 6.45) is 0. The molecule has 4 N–H and O–H groups in total. The third kappa shape index (κ3) is 2.89. The summed E-state index contributed by atoms with van der Waals surface area (Å²) < 4.78 is 0. The van der Waals surface area contributed by atoms with Crippen molar-refractivity contribution < 1.29 is 9.90 Å². The Kier molecular flexibility index (Phi) is 3.77. The van der Waals surface area contributed by atoms with Crippen molar-refractivity contribution in [1.82, 2.24) is 0 Å². The lowest BCUT2D eigenvalue weighted by Crippen LogP contribution is -2.34. The minimum absolute atomic E-state index is 0.00240. The monoisotopic (exact) mass is 222 g/mol. The zero-order valence-corrected chi connectivity index (χ0v) is 9.82. The number of hydrogen-bond acceptors (Lipinski definition) is 3. The second-order valence-corrected chi connectivity index (χ2v) is 4.29. The van der Waals surface area contributed by atoms with Gasteiger partial charge in [0.05, 0.1) is 11.4 Å². The van der Waals surface area contributed by atoms with E-state index in [0.29, 0.717) is 11.4 Å². The molecule has 0 saturated heterocycles. The topological polar surface area (TPSA) is 75.3 Å². The van der Waals surface area contributed by atoms with Gasteiger partial charge in [0.15, 0.2) is 0 Å². The van der Waals surface area contributed by atoms with E-state index in [9.17, 15) is 4.79 Å². The Morgan fingerprint density at radius 3 is 2.56 bits per heavy atom. The van der Waals surface area contributed by atoms with Crippen molar-refractivity contribution in [2.75, 3.05) is 11.1 Å². The number of benzene rings is 1. The third-order valence-corrected chi connectivity index (χ3v) is 2.45. The van der Waals surface area contributed by atoms with E-state index in [4.69, 9.17) is 10.8 Å². The molecule has 0 bridgehead atoms. The standard InChI is InChI=1S/C12H18N2O2/c1-7(2)11(12(15)16)14-10-6-8(3)4-5-9(10)13/h4-7,11,14H,13H2,1-3H3,(H,15,16)/t11-/m0/s1. The summed E-state index contributed by atoms with van der Waals surface area (Å²) >= 11 is 0. The Balaban J connectivity index is 2.93. The van der Waals surface area contributed by atoms with Crippen LogP contribution in [0.25, 0.3) is 0 Å². The van der Waals surface area contributed by atoms with E-state index in [1.165, 1.54) is 0 Å². The molecule has 1 rings (SSSR count). The van der Waals surface area contributed by atoms with Crippen molar-refractivity contribution in [3.8, 4) is 0 Å². The van der Waals surface area contributed by atoms with Crippen LogP contribution in [0, 0.1) is 12.8 Å². The van der Waals surface area contributed by atoms with Crippen LogP contribution in [0.1, 0.15) is 19.4 Å². The summed E-state index contributed by atoms with van der Waals surface area (Å²) in [4.78, 5) is 11.0. The molecule has 0 heterocycles. The zero-order valence-electron chi connectivity index (χ0n) is 9.82. The molecule has 4 nitrogen and oxygen atoms in total. The molecule has 0 amide bonds. The fraction of sp³-hybridized carbons (Fsp3) is 0.417. The van der Waals surface area contributed by atoms with Gasteiger partial charge in [0, 0.05) is 0 Å². The summed E-state index contributed by atoms with van der Waals surface area (Å²) in [5, 5.41) is 12.0. The Bertz CT molecular complexity index is 389. The van der Waals surface area contributed by atoms with Crippen LogP contribution in [0.15, 0.2) is 18.2 Å². The number of nitrogen functional groups attached to an aromatic ring is 1. The maximum Gasteiger partial charge on any atom is 0.326 e. The van der Waals surface area contributed by atoms with Crippen LogP contribution >= 0.6 is 0 Å². The molecule has 4 heteroatoms. The van der Waals surface area contributed by atoms with E-state index in [0.717, 1.165) is 5.56 Å². The molecule has 0 aliphatic heterocycles. The second-order valence-electron chi connectivity index (χ2n) is 4.29. The number of carbonyl (C=O) groups is 1. The maximum atomic E-state index is 11.0. The molecule has 0 radical (unpaired) electrons. The van der Waals surface area contributed by atoms with Crippen molar-refractivity contribution >= 4 is 17.3 Å². The number of nitrogens with two attached hydrogens (primary N) is 1. The maximum absolute atomic E-state index is 11.0. The number of anilines is 2. The van der Waals surface area contributed by atoms with Crippen LogP contribution < -0.4 is 11.1 Å². The summed E-state index contributed by atoms with van der Waals surface area (Å²) in [6, 6.07) is 4.90. The first-order chi connectivity index (χ1) is 7.41. The van der Waals surface area contributed by atoms with E-state index in [1.54, 1.807) is 6.07 Å². The summed E-state index contributed by atoms with van der Waals surface area (Å²) in [5.74, 6) is -0.867. The molecule has 16 heavy (non-hydrogen) atoms. The lowest BCUT2D eigenvalue weighted by Gasteiger charge is -2.20. The molecule has 1 atom stereocenters. The number of carboxylic acids is 1. The lowest BCUT2D eigenvalue weighted by atomic mass is 10.0. The molecule has 0 aliphatic carbocycles. The molecule has 88 valence electrons. The van der Waals surface area contributed by atoms with Crippen LogP contribution in [-0.2, 0) is 4.79 Å². The number of carboxylic acid groups (broad SMARTS) is 1. The van der Waals surface area contributed by atoms with Gasteiger partial charge in [-0.2, -0.15) is 0 Å². The average molecular weight is 222 g/mol. The Hall–Kier alpha value is -1.71. The van der Waals surface area contributed by atoms with Gasteiger partial charge in [0.25, 0.3) is 0 Å². The Morgan fingerprint density at radius 1 is 1.44 bits per heavy atom.